The molecule has 2 fully saturated rings. The van der Waals surface area contributed by atoms with Crippen LogP contribution in [0.4, 0.5) is 0 Å². The Balaban J connectivity index is 2.08. The molecule has 2 atom stereocenters. The van der Waals surface area contributed by atoms with Gasteiger partial charge in [0.2, 0.25) is 5.91 Å². The fourth-order valence-corrected chi connectivity index (χ4v) is 2.14. The second-order valence-electron chi connectivity index (χ2n) is 3.14. The zero-order valence-corrected chi connectivity index (χ0v) is 8.41. The molecule has 2 amide bonds. The number of hydrogen-bond donors (Lipinski definition) is 1. The van der Waals surface area contributed by atoms with Crippen LogP contribution in [-0.2, 0) is 14.4 Å². The summed E-state index contributed by atoms with van der Waals surface area (Å²) in [5, 5.41) is 0. The minimum atomic E-state index is -0.435. The van der Waals surface area contributed by atoms with Gasteiger partial charge in [0.05, 0.1) is 0 Å². The van der Waals surface area contributed by atoms with Crippen molar-refractivity contribution in [3.8, 4) is 0 Å². The molecule has 1 N–H and O–H groups in total. The third-order valence-corrected chi connectivity index (χ3v) is 2.82. The molecule has 2 heterocycles. The summed E-state index contributed by atoms with van der Waals surface area (Å²) in [6, 6.07) is -0.435. The standard InChI is InChI=1S/C7H9BrN2O3/c8-4-1-6(11)10(2-4)5-3-13-9-7(5)12/h4-5H,1-3H2,(H,9,12)/t4?,5-/m0/s1. The topological polar surface area (TPSA) is 58.6 Å². The van der Waals surface area contributed by atoms with Crippen LogP contribution >= 0.6 is 15.9 Å². The van der Waals surface area contributed by atoms with E-state index in [9.17, 15) is 9.59 Å². The molecule has 0 aliphatic carbocycles. The minimum Gasteiger partial charge on any atom is -0.327 e. The Hall–Kier alpha value is -0.620. The lowest BCUT2D eigenvalue weighted by atomic mass is 10.3. The highest BCUT2D eigenvalue weighted by Gasteiger charge is 2.39. The van der Waals surface area contributed by atoms with E-state index in [2.05, 4.69) is 21.4 Å². The summed E-state index contributed by atoms with van der Waals surface area (Å²) >= 11 is 3.35. The fourth-order valence-electron chi connectivity index (χ4n) is 1.55. The number of carbonyl (C=O) groups excluding carboxylic acids is 2. The highest BCUT2D eigenvalue weighted by atomic mass is 79.9. The van der Waals surface area contributed by atoms with Gasteiger partial charge in [0.15, 0.2) is 0 Å². The molecule has 1 unspecified atom stereocenters. The summed E-state index contributed by atoms with van der Waals surface area (Å²) in [7, 11) is 0. The maximum atomic E-state index is 11.4. The van der Waals surface area contributed by atoms with Crippen LogP contribution in [0.5, 0.6) is 0 Å². The quantitative estimate of drug-likeness (QED) is 0.632. The lowest BCUT2D eigenvalue weighted by Gasteiger charge is -2.19. The Labute approximate surface area is 83.5 Å². The van der Waals surface area contributed by atoms with Gasteiger partial charge >= 0.3 is 0 Å². The van der Waals surface area contributed by atoms with Crippen molar-refractivity contribution >= 4 is 27.7 Å². The number of rotatable bonds is 1. The first-order valence-electron chi connectivity index (χ1n) is 4.03. The van der Waals surface area contributed by atoms with Gasteiger partial charge in [-0.3, -0.25) is 14.4 Å². The number of amides is 2. The van der Waals surface area contributed by atoms with E-state index in [1.54, 1.807) is 4.90 Å². The van der Waals surface area contributed by atoms with Gasteiger partial charge in [0, 0.05) is 17.8 Å². The van der Waals surface area contributed by atoms with Gasteiger partial charge in [-0.1, -0.05) is 15.9 Å². The van der Waals surface area contributed by atoms with Crippen LogP contribution in [-0.4, -0.2) is 40.7 Å². The molecule has 72 valence electrons. The second kappa shape index (κ2) is 3.26. The van der Waals surface area contributed by atoms with Crippen molar-refractivity contribution in [2.45, 2.75) is 17.3 Å². The van der Waals surface area contributed by atoms with Crippen LogP contribution < -0.4 is 5.48 Å². The summed E-state index contributed by atoms with van der Waals surface area (Å²) in [6.45, 7) is 0.838. The molecule has 0 saturated carbocycles. The SMILES string of the molecule is O=C1NOC[C@@H]1N1CC(Br)CC1=O. The second-order valence-corrected chi connectivity index (χ2v) is 4.44. The first-order valence-corrected chi connectivity index (χ1v) is 4.95. The molecule has 0 aromatic rings. The van der Waals surface area contributed by atoms with Crippen molar-refractivity contribution in [3.63, 3.8) is 0 Å². The fraction of sp³-hybridized carbons (Fsp3) is 0.714. The van der Waals surface area contributed by atoms with Crippen molar-refractivity contribution in [2.24, 2.45) is 0 Å². The van der Waals surface area contributed by atoms with Gasteiger partial charge in [0.1, 0.15) is 12.6 Å². The number of carbonyl (C=O) groups is 2. The molecule has 2 rings (SSSR count). The molecular weight excluding hydrogens is 240 g/mol. The van der Waals surface area contributed by atoms with Crippen molar-refractivity contribution in [2.75, 3.05) is 13.2 Å². The predicted octanol–water partition coefficient (Wildman–Crippen LogP) is -0.588. The van der Waals surface area contributed by atoms with Crippen LogP contribution in [0, 0.1) is 0 Å². The molecule has 0 aromatic heterocycles. The zero-order chi connectivity index (χ0) is 9.42. The number of alkyl halides is 1. The molecule has 5 nitrogen and oxygen atoms in total. The molecule has 0 spiro atoms. The van der Waals surface area contributed by atoms with E-state index in [4.69, 9.17) is 4.84 Å². The Morgan fingerprint density at radius 2 is 2.31 bits per heavy atom. The summed E-state index contributed by atoms with van der Waals surface area (Å²) in [6.07, 6.45) is 0.462. The molecule has 2 aliphatic rings. The molecule has 0 aromatic carbocycles. The van der Waals surface area contributed by atoms with E-state index in [0.717, 1.165) is 0 Å². The molecule has 13 heavy (non-hydrogen) atoms. The average molecular weight is 249 g/mol. The van der Waals surface area contributed by atoms with Gasteiger partial charge in [-0.05, 0) is 0 Å². The lowest BCUT2D eigenvalue weighted by Crippen LogP contribution is -2.43. The number of nitrogens with zero attached hydrogens (tertiary/aromatic N) is 1. The summed E-state index contributed by atoms with van der Waals surface area (Å²) in [4.78, 5) is 29.0. The molecule has 2 aliphatic heterocycles. The maximum absolute atomic E-state index is 11.4. The summed E-state index contributed by atoms with van der Waals surface area (Å²) in [5.41, 5.74) is 2.23. The van der Waals surface area contributed by atoms with Crippen LogP contribution in [0.25, 0.3) is 0 Å². The van der Waals surface area contributed by atoms with Crippen LogP contribution in [0.3, 0.4) is 0 Å². The molecule has 0 bridgehead atoms. The molecule has 6 heteroatoms. The first kappa shape index (κ1) is 8.96. The van der Waals surface area contributed by atoms with Gasteiger partial charge in [0.25, 0.3) is 5.91 Å². The number of nitrogens with one attached hydrogen (secondary N) is 1. The smallest absolute Gasteiger partial charge is 0.268 e. The van der Waals surface area contributed by atoms with Gasteiger partial charge in [-0.2, -0.15) is 0 Å². The third kappa shape index (κ3) is 1.55. The van der Waals surface area contributed by atoms with Crippen molar-refractivity contribution in [3.05, 3.63) is 0 Å². The van der Waals surface area contributed by atoms with E-state index in [1.165, 1.54) is 0 Å². The Morgan fingerprint density at radius 1 is 1.54 bits per heavy atom. The van der Waals surface area contributed by atoms with E-state index in [1.807, 2.05) is 0 Å². The Morgan fingerprint density at radius 3 is 2.77 bits per heavy atom. The van der Waals surface area contributed by atoms with Crippen LogP contribution in [0.15, 0.2) is 0 Å². The van der Waals surface area contributed by atoms with Crippen molar-refractivity contribution in [1.82, 2.24) is 10.4 Å². The minimum absolute atomic E-state index is 0.00697. The van der Waals surface area contributed by atoms with E-state index in [-0.39, 0.29) is 23.2 Å². The summed E-state index contributed by atoms with van der Waals surface area (Å²) < 4.78 is 0. The maximum Gasteiger partial charge on any atom is 0.268 e. The lowest BCUT2D eigenvalue weighted by molar-refractivity contribution is -0.135. The van der Waals surface area contributed by atoms with Gasteiger partial charge in [-0.15, -0.1) is 0 Å². The average Bonchev–Trinajstić information content (AvgIpc) is 2.58. The van der Waals surface area contributed by atoms with E-state index >= 15 is 0 Å². The third-order valence-electron chi connectivity index (χ3n) is 2.20. The van der Waals surface area contributed by atoms with Crippen molar-refractivity contribution in [1.29, 1.82) is 0 Å². The van der Waals surface area contributed by atoms with Crippen molar-refractivity contribution < 1.29 is 14.4 Å². The highest BCUT2D eigenvalue weighted by molar-refractivity contribution is 9.09. The first-order chi connectivity index (χ1) is 6.18. The Bertz CT molecular complexity index is 258. The monoisotopic (exact) mass is 248 g/mol. The predicted molar refractivity (Wildman–Crippen MR) is 46.9 cm³/mol. The number of halogens is 1. The molecule has 2 saturated heterocycles. The zero-order valence-electron chi connectivity index (χ0n) is 6.83. The van der Waals surface area contributed by atoms with E-state index < -0.39 is 6.04 Å². The molecule has 0 radical (unpaired) electrons. The normalized spacial score (nSPS) is 34.1. The largest absolute Gasteiger partial charge is 0.327 e. The molecular formula is C7H9BrN2O3. The Kier molecular flexibility index (Phi) is 2.25. The van der Waals surface area contributed by atoms with Gasteiger partial charge in [-0.25, -0.2) is 5.48 Å². The van der Waals surface area contributed by atoms with Gasteiger partial charge < -0.3 is 4.90 Å². The number of hydrogen-bond acceptors (Lipinski definition) is 3. The van der Waals surface area contributed by atoms with Crippen LogP contribution in [0.1, 0.15) is 6.42 Å². The summed E-state index contributed by atoms with van der Waals surface area (Å²) in [5.74, 6) is -0.220. The van der Waals surface area contributed by atoms with Crippen LogP contribution in [0.2, 0.25) is 0 Å². The highest BCUT2D eigenvalue weighted by Crippen LogP contribution is 2.21. The number of hydroxylamine groups is 1. The number of likely N-dealkylation sites (tertiary alicyclic amines) is 1. The van der Waals surface area contributed by atoms with E-state index in [0.29, 0.717) is 13.0 Å².